The largest absolute Gasteiger partial charge is 0.399 e. The van der Waals surface area contributed by atoms with Gasteiger partial charge in [-0.1, -0.05) is 25.0 Å². The fourth-order valence-electron chi connectivity index (χ4n) is 2.53. The third kappa shape index (κ3) is 3.85. The average Bonchev–Trinajstić information content (AvgIpc) is 2.61. The van der Waals surface area contributed by atoms with Gasteiger partial charge in [0.25, 0.3) is 0 Å². The molecule has 1 saturated heterocycles. The molecule has 0 aliphatic carbocycles. The zero-order valence-corrected chi connectivity index (χ0v) is 11.5. The van der Waals surface area contributed by atoms with E-state index in [1.807, 2.05) is 35.2 Å². The number of benzene rings is 1. The number of hydrogen-bond acceptors (Lipinski definition) is 2. The maximum Gasteiger partial charge on any atom is 0.246 e. The van der Waals surface area contributed by atoms with E-state index in [-0.39, 0.29) is 5.91 Å². The highest BCUT2D eigenvalue weighted by Crippen LogP contribution is 2.17. The Labute approximate surface area is 115 Å². The average molecular weight is 258 g/mol. The minimum atomic E-state index is 0.108. The molecule has 3 nitrogen and oxygen atoms in total. The molecule has 1 aliphatic rings. The standard InChI is InChI=1S/C16H22N2O/c1-13-6-3-2-4-11-18(13)16(19)10-9-14-7-5-8-15(17)12-14/h5,7-10,12-13H,2-4,6,11,17H2,1H3/b10-9+. The maximum atomic E-state index is 12.2. The Hall–Kier alpha value is -1.77. The van der Waals surface area contributed by atoms with Crippen molar-refractivity contribution >= 4 is 17.7 Å². The lowest BCUT2D eigenvalue weighted by atomic mass is 10.1. The van der Waals surface area contributed by atoms with Gasteiger partial charge in [-0.15, -0.1) is 0 Å². The summed E-state index contributed by atoms with van der Waals surface area (Å²) >= 11 is 0. The number of nitrogens with two attached hydrogens (primary N) is 1. The molecule has 102 valence electrons. The van der Waals surface area contributed by atoms with Crippen molar-refractivity contribution in [2.24, 2.45) is 0 Å². The van der Waals surface area contributed by atoms with Crippen molar-refractivity contribution in [3.05, 3.63) is 35.9 Å². The minimum Gasteiger partial charge on any atom is -0.399 e. The number of hydrogen-bond donors (Lipinski definition) is 1. The van der Waals surface area contributed by atoms with Crippen LogP contribution < -0.4 is 5.73 Å². The van der Waals surface area contributed by atoms with Gasteiger partial charge in [0.05, 0.1) is 0 Å². The molecule has 1 fully saturated rings. The van der Waals surface area contributed by atoms with E-state index in [1.54, 1.807) is 6.08 Å². The first kappa shape index (κ1) is 13.7. The fraction of sp³-hybridized carbons (Fsp3) is 0.438. The summed E-state index contributed by atoms with van der Waals surface area (Å²) in [6.07, 6.45) is 8.18. The lowest BCUT2D eigenvalue weighted by molar-refractivity contribution is -0.127. The first-order valence-corrected chi connectivity index (χ1v) is 7.01. The molecule has 19 heavy (non-hydrogen) atoms. The van der Waals surface area contributed by atoms with Crippen molar-refractivity contribution in [3.63, 3.8) is 0 Å². The van der Waals surface area contributed by atoms with Gasteiger partial charge < -0.3 is 10.6 Å². The Balaban J connectivity index is 2.03. The molecule has 3 heteroatoms. The van der Waals surface area contributed by atoms with Gasteiger partial charge in [0, 0.05) is 24.4 Å². The number of anilines is 1. The van der Waals surface area contributed by atoms with Crippen molar-refractivity contribution in [1.29, 1.82) is 0 Å². The van der Waals surface area contributed by atoms with E-state index in [4.69, 9.17) is 5.73 Å². The Morgan fingerprint density at radius 1 is 1.37 bits per heavy atom. The Morgan fingerprint density at radius 3 is 3.00 bits per heavy atom. The normalized spacial score (nSPS) is 20.5. The lowest BCUT2D eigenvalue weighted by Gasteiger charge is -2.25. The number of nitrogen functional groups attached to an aromatic ring is 1. The Morgan fingerprint density at radius 2 is 2.21 bits per heavy atom. The molecule has 2 rings (SSSR count). The zero-order valence-electron chi connectivity index (χ0n) is 11.5. The van der Waals surface area contributed by atoms with Crippen LogP contribution in [0.4, 0.5) is 5.69 Å². The maximum absolute atomic E-state index is 12.2. The number of likely N-dealkylation sites (tertiary alicyclic amines) is 1. The molecule has 1 aromatic rings. The highest BCUT2D eigenvalue weighted by atomic mass is 16.2. The minimum absolute atomic E-state index is 0.108. The van der Waals surface area contributed by atoms with E-state index >= 15 is 0 Å². The molecule has 1 amide bonds. The van der Waals surface area contributed by atoms with E-state index in [0.717, 1.165) is 30.6 Å². The topological polar surface area (TPSA) is 46.3 Å². The van der Waals surface area contributed by atoms with Gasteiger partial charge in [-0.25, -0.2) is 0 Å². The van der Waals surface area contributed by atoms with Crippen molar-refractivity contribution in [2.75, 3.05) is 12.3 Å². The van der Waals surface area contributed by atoms with Crippen LogP contribution in [0.2, 0.25) is 0 Å². The Bertz CT molecular complexity index is 468. The van der Waals surface area contributed by atoms with Gasteiger partial charge in [0.2, 0.25) is 5.91 Å². The van der Waals surface area contributed by atoms with E-state index in [9.17, 15) is 4.79 Å². The lowest BCUT2D eigenvalue weighted by Crippen LogP contribution is -2.37. The van der Waals surface area contributed by atoms with Crippen LogP contribution in [-0.2, 0) is 4.79 Å². The molecule has 1 atom stereocenters. The second-order valence-corrected chi connectivity index (χ2v) is 5.23. The van der Waals surface area contributed by atoms with E-state index in [0.29, 0.717) is 6.04 Å². The fourth-order valence-corrected chi connectivity index (χ4v) is 2.53. The van der Waals surface area contributed by atoms with Gasteiger partial charge in [0.1, 0.15) is 0 Å². The van der Waals surface area contributed by atoms with Gasteiger partial charge >= 0.3 is 0 Å². The molecule has 0 bridgehead atoms. The summed E-state index contributed by atoms with van der Waals surface area (Å²) in [5.41, 5.74) is 7.41. The highest BCUT2D eigenvalue weighted by Gasteiger charge is 2.19. The summed E-state index contributed by atoms with van der Waals surface area (Å²) in [5, 5.41) is 0. The van der Waals surface area contributed by atoms with Crippen LogP contribution in [0.25, 0.3) is 6.08 Å². The van der Waals surface area contributed by atoms with E-state index < -0.39 is 0 Å². The molecule has 1 heterocycles. The third-order valence-electron chi connectivity index (χ3n) is 3.67. The van der Waals surface area contributed by atoms with Crippen LogP contribution in [0.3, 0.4) is 0 Å². The summed E-state index contributed by atoms with van der Waals surface area (Å²) in [4.78, 5) is 14.2. The second-order valence-electron chi connectivity index (χ2n) is 5.23. The van der Waals surface area contributed by atoms with Crippen LogP contribution in [0.1, 0.15) is 38.2 Å². The summed E-state index contributed by atoms with van der Waals surface area (Å²) in [5.74, 6) is 0.108. The van der Waals surface area contributed by atoms with Crippen molar-refractivity contribution in [2.45, 2.75) is 38.6 Å². The highest BCUT2D eigenvalue weighted by molar-refractivity contribution is 5.92. The molecular weight excluding hydrogens is 236 g/mol. The first-order chi connectivity index (χ1) is 9.16. The number of nitrogens with zero attached hydrogens (tertiary/aromatic N) is 1. The molecule has 2 N–H and O–H groups in total. The molecule has 0 saturated carbocycles. The SMILES string of the molecule is CC1CCCCCN1C(=O)/C=C/c1cccc(N)c1. The first-order valence-electron chi connectivity index (χ1n) is 7.01. The summed E-state index contributed by atoms with van der Waals surface area (Å²) < 4.78 is 0. The number of carbonyl (C=O) groups excluding carboxylic acids is 1. The molecule has 0 radical (unpaired) electrons. The summed E-state index contributed by atoms with van der Waals surface area (Å²) in [7, 11) is 0. The smallest absolute Gasteiger partial charge is 0.246 e. The molecule has 1 unspecified atom stereocenters. The summed E-state index contributed by atoms with van der Waals surface area (Å²) in [6.45, 7) is 3.01. The zero-order chi connectivity index (χ0) is 13.7. The summed E-state index contributed by atoms with van der Waals surface area (Å²) in [6, 6.07) is 7.91. The van der Waals surface area contributed by atoms with Crippen LogP contribution in [0.15, 0.2) is 30.3 Å². The van der Waals surface area contributed by atoms with Gasteiger partial charge in [-0.2, -0.15) is 0 Å². The van der Waals surface area contributed by atoms with Crippen LogP contribution in [-0.4, -0.2) is 23.4 Å². The van der Waals surface area contributed by atoms with E-state index in [2.05, 4.69) is 6.92 Å². The number of rotatable bonds is 2. The molecule has 1 aliphatic heterocycles. The van der Waals surface area contributed by atoms with Crippen molar-refractivity contribution in [1.82, 2.24) is 4.90 Å². The number of carbonyl (C=O) groups is 1. The molecule has 0 aromatic heterocycles. The third-order valence-corrected chi connectivity index (χ3v) is 3.67. The second kappa shape index (κ2) is 6.41. The predicted molar refractivity (Wildman–Crippen MR) is 79.5 cm³/mol. The van der Waals surface area contributed by atoms with Crippen LogP contribution in [0.5, 0.6) is 0 Å². The quantitative estimate of drug-likeness (QED) is 0.654. The van der Waals surface area contributed by atoms with E-state index in [1.165, 1.54) is 12.8 Å². The monoisotopic (exact) mass is 258 g/mol. The van der Waals surface area contributed by atoms with Crippen molar-refractivity contribution < 1.29 is 4.79 Å². The number of amides is 1. The van der Waals surface area contributed by atoms with Gasteiger partial charge in [0.15, 0.2) is 0 Å². The molecule has 0 spiro atoms. The molecule has 1 aromatic carbocycles. The molecular formula is C16H22N2O. The van der Waals surface area contributed by atoms with Crippen LogP contribution >= 0.6 is 0 Å². The Kier molecular flexibility index (Phi) is 4.61. The predicted octanol–water partition coefficient (Wildman–Crippen LogP) is 3.07. The van der Waals surface area contributed by atoms with Gasteiger partial charge in [-0.05, 0) is 43.5 Å². The van der Waals surface area contributed by atoms with Crippen LogP contribution in [0, 0.1) is 0 Å². The van der Waals surface area contributed by atoms with Gasteiger partial charge in [-0.3, -0.25) is 4.79 Å². The van der Waals surface area contributed by atoms with Crippen molar-refractivity contribution in [3.8, 4) is 0 Å².